The molecule has 45 heavy (non-hydrogen) atoms. The predicted molar refractivity (Wildman–Crippen MR) is 171 cm³/mol. The highest BCUT2D eigenvalue weighted by molar-refractivity contribution is 6.44. The van der Waals surface area contributed by atoms with E-state index in [0.29, 0.717) is 54.4 Å². The van der Waals surface area contributed by atoms with E-state index < -0.39 is 33.5 Å². The third-order valence-corrected chi connectivity index (χ3v) is 9.01. The molecule has 1 saturated heterocycles. The summed E-state index contributed by atoms with van der Waals surface area (Å²) in [6.45, 7) is 10.5. The summed E-state index contributed by atoms with van der Waals surface area (Å²) < 4.78 is 30.3. The van der Waals surface area contributed by atoms with Gasteiger partial charge in [-0.2, -0.15) is 5.26 Å². The van der Waals surface area contributed by atoms with Crippen molar-refractivity contribution in [2.24, 2.45) is 0 Å². The first kappa shape index (κ1) is 32.4. The number of nitrogen functional groups attached to an aromatic ring is 1. The Bertz CT molecular complexity index is 1790. The maximum absolute atomic E-state index is 15.5. The van der Waals surface area contributed by atoms with Gasteiger partial charge >= 0.3 is 0 Å². The number of hydrogen-bond acceptors (Lipinski definition) is 8. The maximum atomic E-state index is 15.5. The third-order valence-electron chi connectivity index (χ3n) is 7.88. The molecule has 1 fully saturated rings. The van der Waals surface area contributed by atoms with Gasteiger partial charge in [0.25, 0.3) is 0 Å². The second-order valence-electron chi connectivity index (χ2n) is 10.9. The summed E-state index contributed by atoms with van der Waals surface area (Å²) >= 11 is 18.8. The molecule has 234 valence electrons. The van der Waals surface area contributed by atoms with Crippen LogP contribution in [0.5, 0.6) is 0 Å². The van der Waals surface area contributed by atoms with Crippen LogP contribution < -0.4 is 10.6 Å². The number of benzene rings is 1. The van der Waals surface area contributed by atoms with Crippen molar-refractivity contribution >= 4 is 63.6 Å². The van der Waals surface area contributed by atoms with E-state index in [1.54, 1.807) is 17.2 Å². The number of aliphatic hydroxyl groups excluding tert-OH is 1. The van der Waals surface area contributed by atoms with E-state index in [1.807, 2.05) is 25.7 Å². The first-order valence-corrected chi connectivity index (χ1v) is 15.0. The lowest BCUT2D eigenvalue weighted by molar-refractivity contribution is -0.127. The maximum Gasteiger partial charge on any atom is 0.246 e. The van der Waals surface area contributed by atoms with Crippen LogP contribution in [-0.2, 0) is 4.79 Å². The lowest BCUT2D eigenvalue weighted by Crippen LogP contribution is -2.49. The van der Waals surface area contributed by atoms with Crippen molar-refractivity contribution in [3.05, 3.63) is 80.1 Å². The number of nitrogens with two attached hydrogens (primary N) is 1. The smallest absolute Gasteiger partial charge is 0.246 e. The molecule has 4 heterocycles. The average molecular weight is 675 g/mol. The number of piperazine rings is 1. The van der Waals surface area contributed by atoms with Gasteiger partial charge in [0.2, 0.25) is 5.91 Å². The first-order chi connectivity index (χ1) is 21.3. The normalized spacial score (nSPS) is 16.6. The summed E-state index contributed by atoms with van der Waals surface area (Å²) in [5, 5.41) is 21.2. The van der Waals surface area contributed by atoms with Crippen molar-refractivity contribution in [3.8, 4) is 17.3 Å². The van der Waals surface area contributed by atoms with E-state index in [-0.39, 0.29) is 39.6 Å². The van der Waals surface area contributed by atoms with Gasteiger partial charge in [-0.15, -0.1) is 0 Å². The van der Waals surface area contributed by atoms with Crippen molar-refractivity contribution in [3.63, 3.8) is 0 Å². The van der Waals surface area contributed by atoms with Crippen LogP contribution in [0.25, 0.3) is 17.0 Å². The summed E-state index contributed by atoms with van der Waals surface area (Å²) in [7, 11) is 0. The van der Waals surface area contributed by atoms with E-state index in [9.17, 15) is 19.6 Å². The summed E-state index contributed by atoms with van der Waals surface area (Å²) in [6.07, 6.45) is 1.30. The fourth-order valence-electron chi connectivity index (χ4n) is 5.67. The van der Waals surface area contributed by atoms with E-state index in [2.05, 4.69) is 17.6 Å². The fourth-order valence-corrected chi connectivity index (χ4v) is 6.28. The summed E-state index contributed by atoms with van der Waals surface area (Å²) in [5.74, 6) is -3.09. The van der Waals surface area contributed by atoms with Crippen LogP contribution in [0, 0.1) is 29.9 Å². The van der Waals surface area contributed by atoms with E-state index in [0.717, 1.165) is 0 Å². The zero-order valence-electron chi connectivity index (χ0n) is 24.5. The number of nitriles is 1. The van der Waals surface area contributed by atoms with Crippen molar-refractivity contribution in [2.75, 3.05) is 36.8 Å². The molecule has 1 amide bonds. The number of amides is 1. The molecule has 2 aliphatic rings. The number of anilines is 3. The zero-order chi connectivity index (χ0) is 32.9. The van der Waals surface area contributed by atoms with Gasteiger partial charge in [0, 0.05) is 37.9 Å². The number of fused-ring (bicyclic) bond motifs is 1. The molecule has 2 aromatic heterocycles. The Labute approximate surface area is 273 Å². The number of carbonyl (C=O) groups excluding carboxylic acids is 1. The Morgan fingerprint density at radius 3 is 2.47 bits per heavy atom. The van der Waals surface area contributed by atoms with Gasteiger partial charge in [-0.1, -0.05) is 55.2 Å². The monoisotopic (exact) mass is 673 g/mol. The number of pyridine rings is 2. The highest BCUT2D eigenvalue weighted by Gasteiger charge is 2.40. The molecular formula is C31H28Cl3F2N7O2. The molecular weight excluding hydrogens is 647 g/mol. The van der Waals surface area contributed by atoms with Crippen LogP contribution in [0.2, 0.25) is 15.1 Å². The van der Waals surface area contributed by atoms with Crippen molar-refractivity contribution in [2.45, 2.75) is 32.9 Å². The number of nitrogens with zero attached hydrogens (tertiary/aromatic N) is 6. The number of halogens is 5. The Morgan fingerprint density at radius 2 is 1.87 bits per heavy atom. The van der Waals surface area contributed by atoms with Gasteiger partial charge in [0.15, 0.2) is 17.9 Å². The molecule has 0 spiro atoms. The number of aryl methyl sites for hydroxylation is 1. The highest BCUT2D eigenvalue weighted by Crippen LogP contribution is 2.49. The molecule has 0 aliphatic carbocycles. The summed E-state index contributed by atoms with van der Waals surface area (Å²) in [4.78, 5) is 26.4. The molecule has 1 atom stereocenters. The number of rotatable bonds is 5. The standard InChI is InChI=1S/C31H28Cl3F2N7O2/c1-5-19(44)41-8-10-42(11-9-41)29-16-12-18(32)27(20-23(35)24(36)21(33)22(34)25(20)38)40-30(16)43(31(45)17(29)13-37)28-15(4)6-7-39-26(28)14(2)3/h5-7,12,14,31,45H,1,8-11,38H2,2-4H3. The lowest BCUT2D eigenvalue weighted by atomic mass is 9.94. The lowest BCUT2D eigenvalue weighted by Gasteiger charge is -2.43. The molecule has 5 rings (SSSR count). The van der Waals surface area contributed by atoms with Gasteiger partial charge in [-0.25, -0.2) is 13.8 Å². The zero-order valence-corrected chi connectivity index (χ0v) is 26.8. The number of hydrogen-bond donors (Lipinski definition) is 2. The molecule has 14 heteroatoms. The molecule has 0 saturated carbocycles. The quantitative estimate of drug-likeness (QED) is 0.137. The first-order valence-electron chi connectivity index (χ1n) is 13.9. The van der Waals surface area contributed by atoms with E-state index >= 15 is 4.39 Å². The predicted octanol–water partition coefficient (Wildman–Crippen LogP) is 6.43. The van der Waals surface area contributed by atoms with Crippen LogP contribution in [0.3, 0.4) is 0 Å². The topological polar surface area (TPSA) is 123 Å². The summed E-state index contributed by atoms with van der Waals surface area (Å²) in [6, 6.07) is 5.37. The van der Waals surface area contributed by atoms with Gasteiger partial charge in [-0.05, 0) is 36.6 Å². The number of aromatic nitrogens is 2. The summed E-state index contributed by atoms with van der Waals surface area (Å²) in [5.41, 5.74) is 7.45. The van der Waals surface area contributed by atoms with Crippen LogP contribution in [-0.4, -0.2) is 63.2 Å². The third kappa shape index (κ3) is 5.36. The molecule has 3 N–H and O–H groups in total. The Morgan fingerprint density at radius 1 is 1.20 bits per heavy atom. The van der Waals surface area contributed by atoms with Gasteiger partial charge in [-0.3, -0.25) is 14.7 Å². The SMILES string of the molecule is C=CC(=O)N1CCN(C2=C(C#N)C(O)N(c3c(C)ccnc3C(C)C)c3nc(-c4c(N)c(Cl)c(Cl)c(F)c4F)c(Cl)cc32)CC1. The minimum absolute atomic E-state index is 0.000786. The van der Waals surface area contributed by atoms with E-state index in [4.69, 9.17) is 45.5 Å². The Balaban J connectivity index is 1.82. The number of aliphatic hydroxyl groups is 1. The molecule has 0 radical (unpaired) electrons. The Hall–Kier alpha value is -3.95. The minimum atomic E-state index is -1.57. The Kier molecular flexibility index (Phi) is 8.97. The van der Waals surface area contributed by atoms with Crippen LogP contribution in [0.15, 0.2) is 36.6 Å². The van der Waals surface area contributed by atoms with Crippen molar-refractivity contribution < 1.29 is 18.7 Å². The molecule has 2 aliphatic heterocycles. The van der Waals surface area contributed by atoms with Gasteiger partial charge < -0.3 is 20.6 Å². The van der Waals surface area contributed by atoms with Crippen LogP contribution in [0.1, 0.15) is 36.6 Å². The molecule has 0 bridgehead atoms. The minimum Gasteiger partial charge on any atom is -0.397 e. The van der Waals surface area contributed by atoms with E-state index in [1.165, 1.54) is 17.0 Å². The molecule has 1 aromatic carbocycles. The van der Waals surface area contributed by atoms with Gasteiger partial charge in [0.1, 0.15) is 22.5 Å². The van der Waals surface area contributed by atoms with Gasteiger partial charge in [0.05, 0.1) is 44.1 Å². The van der Waals surface area contributed by atoms with Crippen LogP contribution >= 0.6 is 34.8 Å². The molecule has 1 unspecified atom stereocenters. The highest BCUT2D eigenvalue weighted by atomic mass is 35.5. The largest absolute Gasteiger partial charge is 0.397 e. The number of carbonyl (C=O) groups is 1. The second-order valence-corrected chi connectivity index (χ2v) is 12.0. The van der Waals surface area contributed by atoms with Crippen molar-refractivity contribution in [1.29, 1.82) is 5.26 Å². The second kappa shape index (κ2) is 12.4. The fraction of sp³-hybridized carbons (Fsp3) is 0.290. The molecule has 9 nitrogen and oxygen atoms in total. The van der Waals surface area contributed by atoms with Crippen LogP contribution in [0.4, 0.5) is 26.0 Å². The average Bonchev–Trinajstić information content (AvgIpc) is 3.02. The molecule has 3 aromatic rings. The van der Waals surface area contributed by atoms with Crippen molar-refractivity contribution in [1.82, 2.24) is 19.8 Å².